The van der Waals surface area contributed by atoms with E-state index < -0.39 is 0 Å². The first-order chi connectivity index (χ1) is 45.6. The van der Waals surface area contributed by atoms with E-state index in [1.54, 1.807) is 0 Å². The summed E-state index contributed by atoms with van der Waals surface area (Å²) in [5.74, 6) is 0. The molecule has 2 aliphatic carbocycles. The minimum Gasteiger partial charge on any atom is -0.456 e. The molecule has 0 bridgehead atoms. The lowest BCUT2D eigenvalue weighted by Gasteiger charge is -2.40. The summed E-state index contributed by atoms with van der Waals surface area (Å²) in [6.45, 7) is 0. The number of benzene rings is 14. The molecule has 0 radical (unpaired) electrons. The van der Waals surface area contributed by atoms with Crippen LogP contribution in [0.2, 0.25) is 0 Å². The van der Waals surface area contributed by atoms with Crippen LogP contribution < -0.4 is 10.6 Å². The number of para-hydroxylation sites is 2. The van der Waals surface area contributed by atoms with Crippen LogP contribution in [0.4, 0.5) is 22.7 Å². The lowest BCUT2D eigenvalue weighted by molar-refractivity contribution is 0.668. The molecule has 2 aromatic heterocycles. The molecule has 4 heterocycles. The lowest BCUT2D eigenvalue weighted by Crippen LogP contribution is -2.32. The predicted molar refractivity (Wildman–Crippen MR) is 381 cm³/mol. The number of nitrogens with one attached hydrogen (secondary N) is 2. The molecule has 16 aromatic rings. The van der Waals surface area contributed by atoms with Gasteiger partial charge in [0.1, 0.15) is 22.3 Å². The maximum Gasteiger partial charge on any atom is 0.137 e. The fourth-order valence-electron chi connectivity index (χ4n) is 15.7. The summed E-state index contributed by atoms with van der Waals surface area (Å²) < 4.78 is 12.3. The number of furan rings is 2. The van der Waals surface area contributed by atoms with E-state index in [0.29, 0.717) is 0 Å². The fraction of sp³-hybridized carbons (Fsp3) is 0.0233. The summed E-state index contributed by atoms with van der Waals surface area (Å²) in [5, 5.41) is 11.8. The number of anilines is 4. The summed E-state index contributed by atoms with van der Waals surface area (Å²) in [4.78, 5) is 5.26. The average Bonchev–Trinajstić information content (AvgIpc) is 1.47. The molecule has 4 nitrogen and oxygen atoms in total. The van der Waals surface area contributed by atoms with Crippen LogP contribution in [0, 0.1) is 0 Å². The van der Waals surface area contributed by atoms with Gasteiger partial charge in [0.2, 0.25) is 0 Å². The van der Waals surface area contributed by atoms with Gasteiger partial charge in [0, 0.05) is 41.7 Å². The van der Waals surface area contributed by atoms with Crippen LogP contribution in [-0.4, -0.2) is 0 Å². The normalized spacial score (nSPS) is 13.7. The van der Waals surface area contributed by atoms with Crippen molar-refractivity contribution in [2.45, 2.75) is 30.4 Å². The number of hydrogen-bond donors (Lipinski definition) is 2. The van der Waals surface area contributed by atoms with E-state index in [2.05, 4.69) is 278 Å². The van der Waals surface area contributed by atoms with Crippen molar-refractivity contribution in [1.82, 2.24) is 0 Å². The summed E-state index contributed by atoms with van der Waals surface area (Å²) in [6.07, 6.45) is 0. The third kappa shape index (κ3) is 7.87. The second-order valence-electron chi connectivity index (χ2n) is 24.3. The van der Waals surface area contributed by atoms with E-state index >= 15 is 0 Å². The second kappa shape index (κ2) is 20.8. The summed E-state index contributed by atoms with van der Waals surface area (Å²) in [7, 11) is 0. The third-order valence-corrected chi connectivity index (χ3v) is 21.8. The second-order valence-corrected chi connectivity index (χ2v) is 26.4. The van der Waals surface area contributed by atoms with Gasteiger partial charge in [0.25, 0.3) is 0 Å². The molecule has 14 aromatic carbocycles. The molecular weight excluding hydrogens is 1160 g/mol. The van der Waals surface area contributed by atoms with E-state index in [4.69, 9.17) is 8.83 Å². The standard InChI is InChI=1S/2C43H27NOS/c1-4-16-33-30(13-1)31-14-2-5-17-34(31)43(33)35-18-6-8-22-40(35)46-41-24-23-28(26-36(41)43)27-11-9-12-29(25-27)44-37-19-10-21-39-42(37)32-15-3-7-20-38(32)45-39;1-4-13-33-30(10-1)31-11-2-5-14-34(31)43(33)35-15-6-8-19-40(35)46-41-25-22-28(26-36(41)43)27-20-23-29(24-21-27)44-37-16-9-18-39-42(37)32-12-3-7-17-38(32)45-39/h2*1-26,44H. The van der Waals surface area contributed by atoms with Gasteiger partial charge in [-0.25, -0.2) is 0 Å². The Kier molecular flexibility index (Phi) is 11.9. The first kappa shape index (κ1) is 52.9. The molecule has 2 aliphatic heterocycles. The van der Waals surface area contributed by atoms with Gasteiger partial charge in [0.15, 0.2) is 0 Å². The highest BCUT2D eigenvalue weighted by Gasteiger charge is 2.52. The van der Waals surface area contributed by atoms with Crippen molar-refractivity contribution < 1.29 is 8.83 Å². The van der Waals surface area contributed by atoms with Gasteiger partial charge in [-0.05, 0) is 186 Å². The van der Waals surface area contributed by atoms with Gasteiger partial charge in [-0.2, -0.15) is 0 Å². The molecule has 2 N–H and O–H groups in total. The van der Waals surface area contributed by atoms with Crippen molar-refractivity contribution in [3.63, 3.8) is 0 Å². The Morgan fingerprint density at radius 3 is 1.09 bits per heavy atom. The molecule has 4 aliphatic rings. The van der Waals surface area contributed by atoms with Crippen LogP contribution in [0.15, 0.2) is 344 Å². The minimum atomic E-state index is -0.381. The van der Waals surface area contributed by atoms with Crippen LogP contribution in [0.5, 0.6) is 0 Å². The van der Waals surface area contributed by atoms with E-state index in [9.17, 15) is 0 Å². The molecule has 92 heavy (non-hydrogen) atoms. The molecule has 0 saturated carbocycles. The van der Waals surface area contributed by atoms with Gasteiger partial charge >= 0.3 is 0 Å². The number of hydrogen-bond acceptors (Lipinski definition) is 6. The Morgan fingerprint density at radius 1 is 0.239 bits per heavy atom. The van der Waals surface area contributed by atoms with Crippen molar-refractivity contribution in [1.29, 1.82) is 0 Å². The lowest BCUT2D eigenvalue weighted by atomic mass is 9.67. The van der Waals surface area contributed by atoms with Crippen molar-refractivity contribution in [2.75, 3.05) is 10.6 Å². The van der Waals surface area contributed by atoms with Gasteiger partial charge < -0.3 is 19.5 Å². The fourth-order valence-corrected chi connectivity index (χ4v) is 18.0. The number of rotatable bonds is 6. The third-order valence-electron chi connectivity index (χ3n) is 19.5. The molecule has 2 spiro atoms. The molecule has 20 rings (SSSR count). The van der Waals surface area contributed by atoms with Crippen LogP contribution >= 0.6 is 23.5 Å². The molecule has 0 amide bonds. The highest BCUT2D eigenvalue weighted by molar-refractivity contribution is 7.99. The Morgan fingerprint density at radius 2 is 0.598 bits per heavy atom. The Labute approximate surface area is 540 Å². The van der Waals surface area contributed by atoms with Gasteiger partial charge in [-0.15, -0.1) is 0 Å². The molecule has 0 fully saturated rings. The highest BCUT2D eigenvalue weighted by Crippen LogP contribution is 2.64. The Balaban J connectivity index is 0.000000132. The maximum absolute atomic E-state index is 6.16. The first-order valence-corrected chi connectivity index (χ1v) is 33.0. The van der Waals surface area contributed by atoms with Crippen molar-refractivity contribution >= 4 is 90.2 Å². The van der Waals surface area contributed by atoms with Gasteiger partial charge in [-0.1, -0.05) is 242 Å². The summed E-state index contributed by atoms with van der Waals surface area (Å²) in [5.41, 5.74) is 28.0. The van der Waals surface area contributed by atoms with Crippen LogP contribution in [-0.2, 0) is 10.8 Å². The summed E-state index contributed by atoms with van der Waals surface area (Å²) in [6, 6.07) is 114. The zero-order valence-electron chi connectivity index (χ0n) is 49.7. The van der Waals surface area contributed by atoms with E-state index in [0.717, 1.165) is 66.6 Å². The van der Waals surface area contributed by atoms with Gasteiger partial charge in [-0.3, -0.25) is 0 Å². The monoisotopic (exact) mass is 1210 g/mol. The average molecular weight is 1210 g/mol. The molecule has 0 saturated heterocycles. The van der Waals surface area contributed by atoms with E-state index in [1.165, 1.54) is 109 Å². The SMILES string of the molecule is c1cc(Nc2cccc3oc4ccccc4c23)cc(-c2ccc3c(c2)C2(c4ccccc4S3)c3ccccc3-c3ccccc32)c1.c1ccc2c(c1)Sc1ccc(-c3ccc(Nc4cccc5oc6ccccc6c45)cc3)cc1C21c2ccccc2-c2ccccc21. The van der Waals surface area contributed by atoms with Crippen molar-refractivity contribution in [3.8, 4) is 44.5 Å². The molecule has 432 valence electrons. The smallest absolute Gasteiger partial charge is 0.137 e. The maximum atomic E-state index is 6.16. The van der Waals surface area contributed by atoms with E-state index in [-0.39, 0.29) is 10.8 Å². The predicted octanol–water partition coefficient (Wildman–Crippen LogP) is 23.6. The molecular formula is C86H54N2O2S2. The Bertz CT molecular complexity index is 5610. The zero-order valence-corrected chi connectivity index (χ0v) is 51.3. The van der Waals surface area contributed by atoms with Gasteiger partial charge in [0.05, 0.1) is 33.0 Å². The van der Waals surface area contributed by atoms with Crippen LogP contribution in [0.1, 0.15) is 44.5 Å². The Hall–Kier alpha value is -11.0. The van der Waals surface area contributed by atoms with Crippen molar-refractivity contribution in [3.05, 3.63) is 360 Å². The molecule has 0 atom stereocenters. The number of fused-ring (bicyclic) bond motifs is 24. The molecule has 6 heteroatoms. The summed E-state index contributed by atoms with van der Waals surface area (Å²) >= 11 is 3.77. The quantitative estimate of drug-likeness (QED) is 0.173. The van der Waals surface area contributed by atoms with Crippen molar-refractivity contribution in [2.24, 2.45) is 0 Å². The van der Waals surface area contributed by atoms with Crippen LogP contribution in [0.3, 0.4) is 0 Å². The minimum absolute atomic E-state index is 0.367. The molecule has 0 unspecified atom stereocenters. The zero-order chi connectivity index (χ0) is 60.5. The highest BCUT2D eigenvalue weighted by atomic mass is 32.2. The first-order valence-electron chi connectivity index (χ1n) is 31.4. The largest absolute Gasteiger partial charge is 0.456 e. The van der Waals surface area contributed by atoms with Crippen LogP contribution in [0.25, 0.3) is 88.4 Å². The van der Waals surface area contributed by atoms with E-state index in [1.807, 2.05) is 72.1 Å². The topological polar surface area (TPSA) is 50.3 Å².